The summed E-state index contributed by atoms with van der Waals surface area (Å²) in [4.78, 5) is 4.08. The Bertz CT molecular complexity index is 438. The lowest BCUT2D eigenvalue weighted by Crippen LogP contribution is -2.39. The number of benzene rings is 1. The van der Waals surface area contributed by atoms with Crippen molar-refractivity contribution < 1.29 is 13.5 Å². The summed E-state index contributed by atoms with van der Waals surface area (Å²) in [6, 6.07) is 3.54. The molecule has 0 saturated heterocycles. The number of ether oxygens (including phenoxy) is 1. The predicted octanol–water partition coefficient (Wildman–Crippen LogP) is 2.72. The molecule has 0 amide bonds. The number of hydrogen-bond acceptors (Lipinski definition) is 2. The number of guanidine groups is 1. The molecule has 0 aliphatic rings. The molecule has 0 saturated carbocycles. The van der Waals surface area contributed by atoms with Gasteiger partial charge in [0.05, 0.1) is 0 Å². The van der Waals surface area contributed by atoms with Crippen LogP contribution in [0.1, 0.15) is 18.9 Å². The van der Waals surface area contributed by atoms with Crippen molar-refractivity contribution in [2.24, 2.45) is 4.99 Å². The van der Waals surface area contributed by atoms with Crippen LogP contribution < -0.4 is 10.6 Å². The van der Waals surface area contributed by atoms with Gasteiger partial charge in [0.25, 0.3) is 0 Å². The number of aliphatic imine (C=N–C) groups is 1. The van der Waals surface area contributed by atoms with E-state index < -0.39 is 11.6 Å². The predicted molar refractivity (Wildman–Crippen MR) is 96.0 cm³/mol. The van der Waals surface area contributed by atoms with Gasteiger partial charge in [-0.2, -0.15) is 0 Å². The van der Waals surface area contributed by atoms with Crippen molar-refractivity contribution in [3.05, 3.63) is 35.4 Å². The van der Waals surface area contributed by atoms with Gasteiger partial charge in [-0.05, 0) is 37.5 Å². The second kappa shape index (κ2) is 12.6. The first-order valence-corrected chi connectivity index (χ1v) is 7.13. The molecule has 0 bridgehead atoms. The molecule has 1 aromatic rings. The minimum absolute atomic E-state index is 0. The number of nitrogens with one attached hydrogen (secondary N) is 2. The van der Waals surface area contributed by atoms with Crippen LogP contribution in [0.5, 0.6) is 0 Å². The Hall–Kier alpha value is -0.960. The lowest BCUT2D eigenvalue weighted by molar-refractivity contribution is 0.145. The molecule has 0 fully saturated rings. The van der Waals surface area contributed by atoms with Crippen molar-refractivity contribution in [3.63, 3.8) is 0 Å². The number of hydrogen-bond donors (Lipinski definition) is 2. The summed E-state index contributed by atoms with van der Waals surface area (Å²) in [6.45, 7) is 4.70. The number of nitrogens with zero attached hydrogens (tertiary/aromatic N) is 1. The van der Waals surface area contributed by atoms with Crippen LogP contribution in [-0.4, -0.2) is 39.3 Å². The molecular weight excluding hydrogens is 403 g/mol. The quantitative estimate of drug-likeness (QED) is 0.290. The molecule has 4 nitrogen and oxygen atoms in total. The maximum Gasteiger partial charge on any atom is 0.190 e. The summed E-state index contributed by atoms with van der Waals surface area (Å²) >= 11 is 0. The van der Waals surface area contributed by atoms with Gasteiger partial charge in [0, 0.05) is 39.4 Å². The number of rotatable bonds is 8. The smallest absolute Gasteiger partial charge is 0.190 e. The van der Waals surface area contributed by atoms with E-state index in [4.69, 9.17) is 4.74 Å². The average molecular weight is 427 g/mol. The van der Waals surface area contributed by atoms with E-state index in [-0.39, 0.29) is 24.0 Å². The van der Waals surface area contributed by atoms with E-state index in [1.165, 1.54) is 12.1 Å². The van der Waals surface area contributed by atoms with Gasteiger partial charge in [-0.25, -0.2) is 8.78 Å². The van der Waals surface area contributed by atoms with Crippen LogP contribution in [0.3, 0.4) is 0 Å². The normalized spacial score (nSPS) is 11.0. The summed E-state index contributed by atoms with van der Waals surface area (Å²) in [5, 5.41) is 6.25. The van der Waals surface area contributed by atoms with Gasteiger partial charge < -0.3 is 15.4 Å². The SMILES string of the molecule is CCOCCCNC(=NC)NCCc1cc(F)cc(F)c1.I. The van der Waals surface area contributed by atoms with Crippen LogP contribution in [-0.2, 0) is 11.2 Å². The molecule has 7 heteroatoms. The fourth-order valence-electron chi connectivity index (χ4n) is 1.83. The maximum absolute atomic E-state index is 13.0. The van der Waals surface area contributed by atoms with Gasteiger partial charge in [-0.15, -0.1) is 24.0 Å². The summed E-state index contributed by atoms with van der Waals surface area (Å²) in [5.74, 6) is -0.435. The third kappa shape index (κ3) is 9.14. The van der Waals surface area contributed by atoms with Crippen molar-refractivity contribution >= 4 is 29.9 Å². The third-order valence-corrected chi connectivity index (χ3v) is 2.81. The highest BCUT2D eigenvalue weighted by Crippen LogP contribution is 2.07. The lowest BCUT2D eigenvalue weighted by atomic mass is 10.1. The topological polar surface area (TPSA) is 45.6 Å². The molecule has 0 heterocycles. The number of halogens is 3. The minimum Gasteiger partial charge on any atom is -0.382 e. The molecule has 0 aromatic heterocycles. The van der Waals surface area contributed by atoms with E-state index in [1.54, 1.807) is 7.05 Å². The Balaban J connectivity index is 0.00000441. The van der Waals surface area contributed by atoms with E-state index in [0.29, 0.717) is 31.1 Å². The van der Waals surface area contributed by atoms with Gasteiger partial charge in [0.1, 0.15) is 11.6 Å². The van der Waals surface area contributed by atoms with Gasteiger partial charge in [0.2, 0.25) is 0 Å². The zero-order chi connectivity index (χ0) is 15.5. The first-order valence-electron chi connectivity index (χ1n) is 7.13. The lowest BCUT2D eigenvalue weighted by Gasteiger charge is -2.12. The van der Waals surface area contributed by atoms with Crippen LogP contribution in [0.2, 0.25) is 0 Å². The van der Waals surface area contributed by atoms with Gasteiger partial charge in [-0.3, -0.25) is 4.99 Å². The fraction of sp³-hybridized carbons (Fsp3) is 0.533. The molecule has 1 rings (SSSR count). The summed E-state index contributed by atoms with van der Waals surface area (Å²) in [5.41, 5.74) is 0.617. The van der Waals surface area contributed by atoms with Crippen molar-refractivity contribution in [3.8, 4) is 0 Å². The van der Waals surface area contributed by atoms with Gasteiger partial charge in [0.15, 0.2) is 5.96 Å². The Morgan fingerprint density at radius 1 is 1.14 bits per heavy atom. The average Bonchev–Trinajstić information content (AvgIpc) is 2.44. The largest absolute Gasteiger partial charge is 0.382 e. The Kier molecular flexibility index (Phi) is 12.0. The zero-order valence-electron chi connectivity index (χ0n) is 13.0. The van der Waals surface area contributed by atoms with Crippen LogP contribution in [0.25, 0.3) is 0 Å². The third-order valence-electron chi connectivity index (χ3n) is 2.81. The van der Waals surface area contributed by atoms with E-state index in [0.717, 1.165) is 25.6 Å². The molecule has 0 atom stereocenters. The first kappa shape index (κ1) is 21.0. The minimum atomic E-state index is -0.552. The first-order chi connectivity index (χ1) is 10.2. The molecule has 0 aliphatic heterocycles. The standard InChI is InChI=1S/C15H23F2N3O.HI/c1-3-21-8-4-6-19-15(18-2)20-7-5-12-9-13(16)11-14(17)10-12;/h9-11H,3-8H2,1-2H3,(H2,18,19,20);1H. The summed E-state index contributed by atoms with van der Waals surface area (Å²) in [7, 11) is 1.68. The molecule has 2 N–H and O–H groups in total. The van der Waals surface area contributed by atoms with Crippen molar-refractivity contribution in [1.29, 1.82) is 0 Å². The van der Waals surface area contributed by atoms with E-state index >= 15 is 0 Å². The molecular formula is C15H24F2IN3O. The van der Waals surface area contributed by atoms with Crippen LogP contribution in [0.4, 0.5) is 8.78 Å². The monoisotopic (exact) mass is 427 g/mol. The molecule has 22 heavy (non-hydrogen) atoms. The molecule has 0 radical (unpaired) electrons. The van der Waals surface area contributed by atoms with Crippen LogP contribution >= 0.6 is 24.0 Å². The van der Waals surface area contributed by atoms with Crippen LogP contribution in [0.15, 0.2) is 23.2 Å². The van der Waals surface area contributed by atoms with E-state index in [9.17, 15) is 8.78 Å². The van der Waals surface area contributed by atoms with E-state index in [1.807, 2.05) is 6.92 Å². The molecule has 1 aromatic carbocycles. The maximum atomic E-state index is 13.0. The Morgan fingerprint density at radius 2 is 1.77 bits per heavy atom. The summed E-state index contributed by atoms with van der Waals surface area (Å²) < 4.78 is 31.3. The van der Waals surface area contributed by atoms with Gasteiger partial charge in [-0.1, -0.05) is 0 Å². The van der Waals surface area contributed by atoms with Gasteiger partial charge >= 0.3 is 0 Å². The highest BCUT2D eigenvalue weighted by atomic mass is 127. The molecule has 0 spiro atoms. The summed E-state index contributed by atoms with van der Waals surface area (Å²) in [6.07, 6.45) is 1.41. The zero-order valence-corrected chi connectivity index (χ0v) is 15.3. The molecule has 0 aliphatic carbocycles. The highest BCUT2D eigenvalue weighted by molar-refractivity contribution is 14.0. The molecule has 0 unspecified atom stereocenters. The Labute approximate surface area is 147 Å². The Morgan fingerprint density at radius 3 is 2.36 bits per heavy atom. The fourth-order valence-corrected chi connectivity index (χ4v) is 1.83. The van der Waals surface area contributed by atoms with Crippen molar-refractivity contribution in [1.82, 2.24) is 10.6 Å². The highest BCUT2D eigenvalue weighted by Gasteiger charge is 2.01. The second-order valence-electron chi connectivity index (χ2n) is 4.50. The van der Waals surface area contributed by atoms with Crippen molar-refractivity contribution in [2.45, 2.75) is 19.8 Å². The molecule has 126 valence electrons. The van der Waals surface area contributed by atoms with Crippen LogP contribution in [0, 0.1) is 11.6 Å². The second-order valence-corrected chi connectivity index (χ2v) is 4.50. The van der Waals surface area contributed by atoms with Crippen molar-refractivity contribution in [2.75, 3.05) is 33.4 Å². The van der Waals surface area contributed by atoms with E-state index in [2.05, 4.69) is 15.6 Å².